The molecular formula is C17H13ClF3N3O2. The fourth-order valence-electron chi connectivity index (χ4n) is 2.47. The highest BCUT2D eigenvalue weighted by Crippen LogP contribution is 2.45. The number of hydrogen-bond acceptors (Lipinski definition) is 4. The standard InChI is InChI=1S/C17H13ClF3N3O2/c1-2-5-9-14(18)12(16(23)25)13(17(19,20)21)10(8-22)15(9)26-11-6-3-4-7-24-11/h3-4,6-7H,2,5H2,1H3,(H2,23,25). The molecule has 5 nitrogen and oxygen atoms in total. The molecule has 0 aliphatic rings. The number of ether oxygens (including phenoxy) is 1. The van der Waals surface area contributed by atoms with Gasteiger partial charge in [0.05, 0.1) is 16.1 Å². The number of nitriles is 1. The van der Waals surface area contributed by atoms with Crippen molar-refractivity contribution in [3.8, 4) is 17.7 Å². The average molecular weight is 384 g/mol. The summed E-state index contributed by atoms with van der Waals surface area (Å²) >= 11 is 6.08. The van der Waals surface area contributed by atoms with E-state index in [2.05, 4.69) is 4.98 Å². The summed E-state index contributed by atoms with van der Waals surface area (Å²) in [7, 11) is 0. The maximum absolute atomic E-state index is 13.6. The fourth-order valence-corrected chi connectivity index (χ4v) is 2.84. The Morgan fingerprint density at radius 3 is 2.58 bits per heavy atom. The minimum Gasteiger partial charge on any atom is -0.437 e. The van der Waals surface area contributed by atoms with Gasteiger partial charge in [-0.15, -0.1) is 0 Å². The molecule has 0 aliphatic carbocycles. The summed E-state index contributed by atoms with van der Waals surface area (Å²) in [6, 6.07) is 6.05. The van der Waals surface area contributed by atoms with Gasteiger partial charge in [-0.1, -0.05) is 31.0 Å². The van der Waals surface area contributed by atoms with Crippen LogP contribution in [0.3, 0.4) is 0 Å². The summed E-state index contributed by atoms with van der Waals surface area (Å²) in [5.74, 6) is -1.77. The molecule has 0 atom stereocenters. The molecular weight excluding hydrogens is 371 g/mol. The van der Waals surface area contributed by atoms with Crippen LogP contribution >= 0.6 is 11.6 Å². The maximum Gasteiger partial charge on any atom is 0.418 e. The molecule has 1 aromatic carbocycles. The van der Waals surface area contributed by atoms with Crippen molar-refractivity contribution >= 4 is 17.5 Å². The summed E-state index contributed by atoms with van der Waals surface area (Å²) in [6.45, 7) is 1.76. The average Bonchev–Trinajstić information content (AvgIpc) is 2.57. The van der Waals surface area contributed by atoms with Crippen molar-refractivity contribution in [2.75, 3.05) is 0 Å². The Morgan fingerprint density at radius 2 is 2.12 bits per heavy atom. The van der Waals surface area contributed by atoms with Gasteiger partial charge in [0.25, 0.3) is 5.91 Å². The van der Waals surface area contributed by atoms with E-state index in [0.717, 1.165) is 0 Å². The molecule has 0 saturated carbocycles. The van der Waals surface area contributed by atoms with Crippen LogP contribution in [0.2, 0.25) is 5.02 Å². The Balaban J connectivity index is 2.90. The largest absolute Gasteiger partial charge is 0.437 e. The van der Waals surface area contributed by atoms with Crippen LogP contribution in [0, 0.1) is 11.3 Å². The molecule has 1 heterocycles. The second-order valence-corrected chi connectivity index (χ2v) is 5.62. The number of nitrogens with zero attached hydrogens (tertiary/aromatic N) is 2. The Kier molecular flexibility index (Phi) is 5.73. The number of carbonyl (C=O) groups is 1. The van der Waals surface area contributed by atoms with Gasteiger partial charge >= 0.3 is 6.18 Å². The van der Waals surface area contributed by atoms with E-state index >= 15 is 0 Å². The molecule has 0 radical (unpaired) electrons. The van der Waals surface area contributed by atoms with Crippen LogP contribution < -0.4 is 10.5 Å². The van der Waals surface area contributed by atoms with Crippen LogP contribution in [0.1, 0.15) is 40.4 Å². The molecule has 1 aromatic heterocycles. The van der Waals surface area contributed by atoms with Crippen LogP contribution in [0.4, 0.5) is 13.2 Å². The number of aromatic nitrogens is 1. The zero-order chi connectivity index (χ0) is 19.5. The minimum absolute atomic E-state index is 0.0163. The lowest BCUT2D eigenvalue weighted by Gasteiger charge is -2.21. The van der Waals surface area contributed by atoms with Gasteiger partial charge in [0.1, 0.15) is 11.6 Å². The predicted molar refractivity (Wildman–Crippen MR) is 88.0 cm³/mol. The van der Waals surface area contributed by atoms with Crippen molar-refractivity contribution < 1.29 is 22.7 Å². The summed E-state index contributed by atoms with van der Waals surface area (Å²) in [6.07, 6.45) is -3.00. The van der Waals surface area contributed by atoms with Crippen molar-refractivity contribution in [1.29, 1.82) is 5.26 Å². The Labute approximate surface area is 152 Å². The van der Waals surface area contributed by atoms with Crippen molar-refractivity contribution in [2.45, 2.75) is 25.9 Å². The normalized spacial score (nSPS) is 11.1. The molecule has 0 bridgehead atoms. The highest BCUT2D eigenvalue weighted by molar-refractivity contribution is 6.35. The molecule has 26 heavy (non-hydrogen) atoms. The lowest BCUT2D eigenvalue weighted by atomic mass is 9.93. The van der Waals surface area contributed by atoms with Gasteiger partial charge in [0.15, 0.2) is 5.75 Å². The number of benzene rings is 1. The molecule has 0 spiro atoms. The zero-order valence-electron chi connectivity index (χ0n) is 13.5. The minimum atomic E-state index is -5.04. The number of alkyl halides is 3. The molecule has 9 heteroatoms. The van der Waals surface area contributed by atoms with E-state index in [1.165, 1.54) is 18.3 Å². The molecule has 1 amide bonds. The fraction of sp³-hybridized carbons (Fsp3) is 0.235. The predicted octanol–water partition coefficient (Wildman–Crippen LogP) is 4.47. The van der Waals surface area contributed by atoms with Gasteiger partial charge in [-0.05, 0) is 12.5 Å². The number of pyridine rings is 1. The first-order valence-corrected chi connectivity index (χ1v) is 7.84. The van der Waals surface area contributed by atoms with Crippen molar-refractivity contribution in [3.63, 3.8) is 0 Å². The molecule has 0 aliphatic heterocycles. The molecule has 0 saturated heterocycles. The first-order valence-electron chi connectivity index (χ1n) is 7.46. The monoisotopic (exact) mass is 383 g/mol. The van der Waals surface area contributed by atoms with Gasteiger partial charge in [0, 0.05) is 17.8 Å². The van der Waals surface area contributed by atoms with E-state index in [1.807, 2.05) is 0 Å². The topological polar surface area (TPSA) is 89.0 Å². The molecule has 0 fully saturated rings. The lowest BCUT2D eigenvalue weighted by molar-refractivity contribution is -0.138. The summed E-state index contributed by atoms with van der Waals surface area (Å²) in [5.41, 5.74) is 1.91. The number of rotatable bonds is 5. The lowest BCUT2D eigenvalue weighted by Crippen LogP contribution is -2.22. The highest BCUT2D eigenvalue weighted by atomic mass is 35.5. The van der Waals surface area contributed by atoms with Crippen LogP contribution in [-0.4, -0.2) is 10.9 Å². The summed E-state index contributed by atoms with van der Waals surface area (Å²) < 4.78 is 46.2. The third-order valence-electron chi connectivity index (χ3n) is 3.47. The van der Waals surface area contributed by atoms with Crippen LogP contribution in [0.25, 0.3) is 0 Å². The van der Waals surface area contributed by atoms with Gasteiger partial charge in [-0.25, -0.2) is 4.98 Å². The maximum atomic E-state index is 13.6. The number of hydrogen-bond donors (Lipinski definition) is 1. The summed E-state index contributed by atoms with van der Waals surface area (Å²) in [5, 5.41) is 8.91. The van der Waals surface area contributed by atoms with E-state index in [-0.39, 0.29) is 23.6 Å². The molecule has 2 aromatic rings. The molecule has 0 unspecified atom stereocenters. The number of carbonyl (C=O) groups excluding carboxylic acids is 1. The van der Waals surface area contributed by atoms with Crippen molar-refractivity contribution in [3.05, 3.63) is 51.7 Å². The summed E-state index contributed by atoms with van der Waals surface area (Å²) in [4.78, 5) is 15.5. The first-order chi connectivity index (χ1) is 12.2. The zero-order valence-corrected chi connectivity index (χ0v) is 14.3. The van der Waals surface area contributed by atoms with Crippen LogP contribution in [-0.2, 0) is 12.6 Å². The van der Waals surface area contributed by atoms with Crippen LogP contribution in [0.15, 0.2) is 24.4 Å². The number of halogens is 4. The second-order valence-electron chi connectivity index (χ2n) is 5.24. The molecule has 2 rings (SSSR count). The molecule has 136 valence electrons. The first kappa shape index (κ1) is 19.5. The SMILES string of the molecule is CCCc1c(Cl)c(C(N)=O)c(C(F)(F)F)c(C#N)c1Oc1ccccn1. The van der Waals surface area contributed by atoms with Crippen molar-refractivity contribution in [2.24, 2.45) is 5.73 Å². The third-order valence-corrected chi connectivity index (χ3v) is 3.89. The van der Waals surface area contributed by atoms with E-state index in [9.17, 15) is 23.2 Å². The quantitative estimate of drug-likeness (QED) is 0.824. The second kappa shape index (κ2) is 7.62. The van der Waals surface area contributed by atoms with Crippen LogP contribution in [0.5, 0.6) is 11.6 Å². The van der Waals surface area contributed by atoms with E-state index in [4.69, 9.17) is 22.1 Å². The Hall–Kier alpha value is -2.79. The number of primary amides is 1. The molecule has 2 N–H and O–H groups in total. The Morgan fingerprint density at radius 1 is 1.42 bits per heavy atom. The van der Waals surface area contributed by atoms with E-state index in [1.54, 1.807) is 19.1 Å². The van der Waals surface area contributed by atoms with Gasteiger partial charge in [-0.3, -0.25) is 4.79 Å². The van der Waals surface area contributed by atoms with E-state index < -0.39 is 33.8 Å². The van der Waals surface area contributed by atoms with Gasteiger partial charge in [0.2, 0.25) is 5.88 Å². The van der Waals surface area contributed by atoms with E-state index in [0.29, 0.717) is 6.42 Å². The highest BCUT2D eigenvalue weighted by Gasteiger charge is 2.42. The van der Waals surface area contributed by atoms with Crippen molar-refractivity contribution in [1.82, 2.24) is 4.98 Å². The van der Waals surface area contributed by atoms with Gasteiger partial charge in [-0.2, -0.15) is 18.4 Å². The number of nitrogens with two attached hydrogens (primary N) is 1. The van der Waals surface area contributed by atoms with Gasteiger partial charge < -0.3 is 10.5 Å². The Bertz CT molecular complexity index is 878. The number of amides is 1. The third kappa shape index (κ3) is 3.73. The smallest absolute Gasteiger partial charge is 0.418 e.